The highest BCUT2D eigenvalue weighted by molar-refractivity contribution is 6.17. The lowest BCUT2D eigenvalue weighted by atomic mass is 10.2. The Hall–Kier alpha value is -0.900. The highest BCUT2D eigenvalue weighted by atomic mass is 35.5. The van der Waals surface area contributed by atoms with E-state index >= 15 is 0 Å². The van der Waals surface area contributed by atoms with E-state index in [0.717, 1.165) is 12.1 Å². The summed E-state index contributed by atoms with van der Waals surface area (Å²) in [6.45, 7) is -2.95. The molecule has 72 valence electrons. The number of alkyl halides is 3. The molecule has 0 aliphatic carbocycles. The summed E-state index contributed by atoms with van der Waals surface area (Å²) in [5, 5.41) is 0. The second kappa shape index (κ2) is 4.37. The van der Waals surface area contributed by atoms with Crippen molar-refractivity contribution in [2.24, 2.45) is 0 Å². The van der Waals surface area contributed by atoms with Crippen molar-refractivity contribution in [3.63, 3.8) is 0 Å². The van der Waals surface area contributed by atoms with E-state index in [9.17, 15) is 13.2 Å². The summed E-state index contributed by atoms with van der Waals surface area (Å²) in [6, 6.07) is 3.30. The second-order valence-electron chi connectivity index (χ2n) is 2.31. The topological polar surface area (TPSA) is 9.23 Å². The first kappa shape index (κ1) is 10.2. The highest BCUT2D eigenvalue weighted by Gasteiger charge is 2.06. The molecule has 1 aromatic rings. The zero-order chi connectivity index (χ0) is 9.84. The molecule has 0 unspecified atom stereocenters. The minimum Gasteiger partial charge on any atom is -0.435 e. The van der Waals surface area contributed by atoms with Crippen molar-refractivity contribution in [3.8, 4) is 5.75 Å². The smallest absolute Gasteiger partial charge is 0.387 e. The maximum Gasteiger partial charge on any atom is 0.387 e. The molecule has 0 aromatic heterocycles. The summed E-state index contributed by atoms with van der Waals surface area (Å²) in [7, 11) is 0. The van der Waals surface area contributed by atoms with Crippen molar-refractivity contribution in [1.29, 1.82) is 0 Å². The van der Waals surface area contributed by atoms with Crippen LogP contribution in [0.15, 0.2) is 18.2 Å². The van der Waals surface area contributed by atoms with E-state index in [1.807, 2.05) is 0 Å². The van der Waals surface area contributed by atoms with Gasteiger partial charge in [-0.05, 0) is 17.7 Å². The molecule has 0 spiro atoms. The lowest BCUT2D eigenvalue weighted by Gasteiger charge is -2.05. The predicted octanol–water partition coefficient (Wildman–Crippen LogP) is 3.17. The molecular weight excluding hydrogens is 205 g/mol. The fraction of sp³-hybridized carbons (Fsp3) is 0.250. The summed E-state index contributed by atoms with van der Waals surface area (Å²) in [5.41, 5.74) is 0.400. The van der Waals surface area contributed by atoms with Crippen molar-refractivity contribution >= 4 is 11.6 Å². The summed E-state index contributed by atoms with van der Waals surface area (Å²) < 4.78 is 40.1. The van der Waals surface area contributed by atoms with Crippen LogP contribution in [0.4, 0.5) is 13.2 Å². The molecule has 0 aliphatic heterocycles. The number of hydrogen-bond acceptors (Lipinski definition) is 1. The lowest BCUT2D eigenvalue weighted by Crippen LogP contribution is -2.02. The number of rotatable bonds is 3. The summed E-state index contributed by atoms with van der Waals surface area (Å²) in [5.74, 6) is -0.809. The fourth-order valence-corrected chi connectivity index (χ4v) is 1.02. The van der Waals surface area contributed by atoms with Gasteiger partial charge in [0.2, 0.25) is 0 Å². The monoisotopic (exact) mass is 210 g/mol. The Balaban J connectivity index is 2.88. The van der Waals surface area contributed by atoms with Crippen molar-refractivity contribution < 1.29 is 17.9 Å². The third-order valence-corrected chi connectivity index (χ3v) is 1.62. The zero-order valence-corrected chi connectivity index (χ0v) is 7.19. The Bertz CT molecular complexity index is 291. The molecule has 13 heavy (non-hydrogen) atoms. The van der Waals surface area contributed by atoms with Crippen LogP contribution in [0.25, 0.3) is 0 Å². The minimum atomic E-state index is -2.95. The Kier molecular flexibility index (Phi) is 3.42. The number of halogens is 4. The van der Waals surface area contributed by atoms with Gasteiger partial charge in [0.1, 0.15) is 11.6 Å². The Labute approximate surface area is 78.1 Å². The van der Waals surface area contributed by atoms with Gasteiger partial charge in [-0.1, -0.05) is 0 Å². The van der Waals surface area contributed by atoms with Crippen molar-refractivity contribution in [2.45, 2.75) is 12.5 Å². The van der Waals surface area contributed by atoms with Crippen LogP contribution in [-0.2, 0) is 5.88 Å². The lowest BCUT2D eigenvalue weighted by molar-refractivity contribution is -0.0500. The van der Waals surface area contributed by atoms with Gasteiger partial charge in [0.25, 0.3) is 0 Å². The van der Waals surface area contributed by atoms with Gasteiger partial charge in [0.05, 0.1) is 0 Å². The molecule has 0 aliphatic rings. The normalized spacial score (nSPS) is 10.5. The largest absolute Gasteiger partial charge is 0.435 e. The van der Waals surface area contributed by atoms with Crippen molar-refractivity contribution in [1.82, 2.24) is 0 Å². The fourth-order valence-electron chi connectivity index (χ4n) is 0.869. The standard InChI is InChI=1S/C8H6ClF3O/c9-4-5-1-6(10)3-7(2-5)13-8(11)12/h1-3,8H,4H2. The van der Waals surface area contributed by atoms with Gasteiger partial charge in [0.15, 0.2) is 0 Å². The molecule has 1 nitrogen and oxygen atoms in total. The Morgan fingerprint density at radius 1 is 1.31 bits per heavy atom. The molecule has 0 saturated heterocycles. The molecule has 5 heteroatoms. The zero-order valence-electron chi connectivity index (χ0n) is 6.44. The van der Waals surface area contributed by atoms with Gasteiger partial charge in [-0.15, -0.1) is 11.6 Å². The van der Waals surface area contributed by atoms with E-state index in [0.29, 0.717) is 5.56 Å². The summed E-state index contributed by atoms with van der Waals surface area (Å²) in [4.78, 5) is 0. The van der Waals surface area contributed by atoms with E-state index in [1.165, 1.54) is 6.07 Å². The van der Waals surface area contributed by atoms with Crippen LogP contribution in [-0.4, -0.2) is 6.61 Å². The minimum absolute atomic E-state index is 0.0529. The van der Waals surface area contributed by atoms with Gasteiger partial charge >= 0.3 is 6.61 Å². The number of hydrogen-bond donors (Lipinski definition) is 0. The quantitative estimate of drug-likeness (QED) is 0.697. The molecule has 0 amide bonds. The molecule has 1 rings (SSSR count). The summed E-state index contributed by atoms with van der Waals surface area (Å²) >= 11 is 5.40. The maximum atomic E-state index is 12.7. The van der Waals surface area contributed by atoms with Gasteiger partial charge in [0, 0.05) is 11.9 Å². The second-order valence-corrected chi connectivity index (χ2v) is 2.57. The van der Waals surface area contributed by atoms with Crippen LogP contribution in [0.2, 0.25) is 0 Å². The molecule has 1 aromatic carbocycles. The van der Waals surface area contributed by atoms with E-state index in [1.54, 1.807) is 0 Å². The first-order chi connectivity index (χ1) is 6.11. The molecule has 0 saturated carbocycles. The first-order valence-corrected chi connectivity index (χ1v) is 3.95. The Morgan fingerprint density at radius 2 is 2.00 bits per heavy atom. The van der Waals surface area contributed by atoms with Crippen LogP contribution in [0.5, 0.6) is 5.75 Å². The average Bonchev–Trinajstić information content (AvgIpc) is 2.01. The predicted molar refractivity (Wildman–Crippen MR) is 42.6 cm³/mol. The third-order valence-electron chi connectivity index (χ3n) is 1.31. The number of benzene rings is 1. The SMILES string of the molecule is Fc1cc(CCl)cc(OC(F)F)c1. The molecule has 0 N–H and O–H groups in total. The van der Waals surface area contributed by atoms with Crippen molar-refractivity contribution in [2.75, 3.05) is 0 Å². The Morgan fingerprint density at radius 3 is 2.54 bits per heavy atom. The molecule has 0 fully saturated rings. The molecule has 0 heterocycles. The van der Waals surface area contributed by atoms with Crippen LogP contribution < -0.4 is 4.74 Å². The van der Waals surface area contributed by atoms with Crippen molar-refractivity contribution in [3.05, 3.63) is 29.6 Å². The molecular formula is C8H6ClF3O. The van der Waals surface area contributed by atoms with Crippen LogP contribution in [0, 0.1) is 5.82 Å². The summed E-state index contributed by atoms with van der Waals surface area (Å²) in [6.07, 6.45) is 0. The molecule has 0 bridgehead atoms. The van der Waals surface area contributed by atoms with E-state index in [-0.39, 0.29) is 11.6 Å². The first-order valence-electron chi connectivity index (χ1n) is 3.42. The maximum absolute atomic E-state index is 12.7. The van der Waals surface area contributed by atoms with E-state index in [2.05, 4.69) is 4.74 Å². The molecule has 0 atom stereocenters. The van der Waals surface area contributed by atoms with Crippen LogP contribution in [0.3, 0.4) is 0 Å². The van der Waals surface area contributed by atoms with Gasteiger partial charge in [-0.25, -0.2) is 4.39 Å². The van der Waals surface area contributed by atoms with E-state index in [4.69, 9.17) is 11.6 Å². The third kappa shape index (κ3) is 3.14. The highest BCUT2D eigenvalue weighted by Crippen LogP contribution is 2.19. The number of ether oxygens (including phenoxy) is 1. The van der Waals surface area contributed by atoms with E-state index < -0.39 is 12.4 Å². The average molecular weight is 211 g/mol. The van der Waals surface area contributed by atoms with Gasteiger partial charge in [-0.3, -0.25) is 0 Å². The van der Waals surface area contributed by atoms with Gasteiger partial charge in [-0.2, -0.15) is 8.78 Å². The van der Waals surface area contributed by atoms with Crippen LogP contribution in [0.1, 0.15) is 5.56 Å². The van der Waals surface area contributed by atoms with Gasteiger partial charge < -0.3 is 4.74 Å². The molecule has 0 radical (unpaired) electrons. The van der Waals surface area contributed by atoms with Crippen LogP contribution >= 0.6 is 11.6 Å².